The Bertz CT molecular complexity index is 1000. The molecule has 0 aliphatic carbocycles. The molecule has 1 aliphatic rings. The Balaban J connectivity index is 1.41. The molecule has 1 aliphatic heterocycles. The number of amides is 2. The van der Waals surface area contributed by atoms with Crippen molar-refractivity contribution in [2.24, 2.45) is 0 Å². The van der Waals surface area contributed by atoms with E-state index in [0.29, 0.717) is 24.2 Å². The van der Waals surface area contributed by atoms with Crippen LogP contribution in [-0.2, 0) is 6.54 Å². The zero-order chi connectivity index (χ0) is 21.5. The molecule has 4 rings (SSSR count). The Morgan fingerprint density at radius 2 is 1.84 bits per heavy atom. The van der Waals surface area contributed by atoms with Crippen LogP contribution in [0, 0.1) is 0 Å². The maximum absolute atomic E-state index is 13.5. The number of aromatic nitrogens is 3. The molecule has 0 radical (unpaired) electrons. The number of nitrogens with one attached hydrogen (secondary N) is 1. The van der Waals surface area contributed by atoms with Crippen LogP contribution in [0.1, 0.15) is 52.0 Å². The smallest absolute Gasteiger partial charge is 0.254 e. The van der Waals surface area contributed by atoms with Crippen molar-refractivity contribution >= 4 is 11.8 Å². The molecular formula is C24H27N5O2. The summed E-state index contributed by atoms with van der Waals surface area (Å²) < 4.78 is 1.72. The molecule has 160 valence electrons. The van der Waals surface area contributed by atoms with Gasteiger partial charge in [-0.1, -0.05) is 36.4 Å². The van der Waals surface area contributed by atoms with Gasteiger partial charge >= 0.3 is 0 Å². The van der Waals surface area contributed by atoms with Gasteiger partial charge in [0.25, 0.3) is 11.8 Å². The van der Waals surface area contributed by atoms with E-state index >= 15 is 0 Å². The molecule has 2 aromatic carbocycles. The van der Waals surface area contributed by atoms with Crippen LogP contribution in [0.15, 0.2) is 67.3 Å². The first-order valence-electron chi connectivity index (χ1n) is 10.8. The van der Waals surface area contributed by atoms with Crippen LogP contribution in [0.25, 0.3) is 0 Å². The topological polar surface area (TPSA) is 80.1 Å². The summed E-state index contributed by atoms with van der Waals surface area (Å²) >= 11 is 0. The van der Waals surface area contributed by atoms with Crippen LogP contribution >= 0.6 is 0 Å². The predicted octanol–water partition coefficient (Wildman–Crippen LogP) is 3.14. The number of benzene rings is 2. The van der Waals surface area contributed by atoms with Gasteiger partial charge in [-0.3, -0.25) is 9.59 Å². The lowest BCUT2D eigenvalue weighted by atomic mass is 9.97. The van der Waals surface area contributed by atoms with E-state index in [1.54, 1.807) is 23.1 Å². The number of likely N-dealkylation sites (tertiary alicyclic amines) is 1. The molecule has 1 aromatic heterocycles. The Hall–Kier alpha value is -3.48. The molecule has 7 heteroatoms. The van der Waals surface area contributed by atoms with Gasteiger partial charge in [0.05, 0.1) is 6.54 Å². The fourth-order valence-electron chi connectivity index (χ4n) is 4.12. The monoisotopic (exact) mass is 417 g/mol. The second-order valence-corrected chi connectivity index (χ2v) is 7.81. The van der Waals surface area contributed by atoms with Gasteiger partial charge in [-0.25, -0.2) is 9.67 Å². The van der Waals surface area contributed by atoms with E-state index in [2.05, 4.69) is 15.4 Å². The van der Waals surface area contributed by atoms with Gasteiger partial charge in [0.2, 0.25) is 0 Å². The number of carbonyl (C=O) groups is 2. The summed E-state index contributed by atoms with van der Waals surface area (Å²) in [6.07, 6.45) is 6.95. The minimum Gasteiger partial charge on any atom is -0.352 e. The highest BCUT2D eigenvalue weighted by Gasteiger charge is 2.28. The maximum atomic E-state index is 13.5. The highest BCUT2D eigenvalue weighted by Crippen LogP contribution is 2.23. The normalized spacial score (nSPS) is 16.1. The number of nitrogens with zero attached hydrogens (tertiary/aromatic N) is 4. The van der Waals surface area contributed by atoms with Crippen LogP contribution in [-0.4, -0.2) is 50.6 Å². The third kappa shape index (κ3) is 5.17. The van der Waals surface area contributed by atoms with Crippen LogP contribution in [0.4, 0.5) is 0 Å². The van der Waals surface area contributed by atoms with Crippen molar-refractivity contribution in [3.05, 3.63) is 83.9 Å². The average molecular weight is 418 g/mol. The van der Waals surface area contributed by atoms with Crippen molar-refractivity contribution in [3.8, 4) is 0 Å². The zero-order valence-corrected chi connectivity index (χ0v) is 17.5. The van der Waals surface area contributed by atoms with Gasteiger partial charge in [-0.2, -0.15) is 5.10 Å². The minimum absolute atomic E-state index is 0.0507. The van der Waals surface area contributed by atoms with Crippen LogP contribution in [0.5, 0.6) is 0 Å². The van der Waals surface area contributed by atoms with Crippen LogP contribution in [0.2, 0.25) is 0 Å². The van der Waals surface area contributed by atoms with Crippen molar-refractivity contribution < 1.29 is 9.59 Å². The van der Waals surface area contributed by atoms with E-state index < -0.39 is 0 Å². The summed E-state index contributed by atoms with van der Waals surface area (Å²) in [5, 5.41) is 7.15. The fourth-order valence-corrected chi connectivity index (χ4v) is 4.12. The van der Waals surface area contributed by atoms with Gasteiger partial charge in [0.15, 0.2) is 0 Å². The molecule has 31 heavy (non-hydrogen) atoms. The molecule has 0 bridgehead atoms. The quantitative estimate of drug-likeness (QED) is 0.640. The van der Waals surface area contributed by atoms with Gasteiger partial charge in [-0.15, -0.1) is 0 Å². The molecule has 2 heterocycles. The van der Waals surface area contributed by atoms with Gasteiger partial charge in [0.1, 0.15) is 12.7 Å². The van der Waals surface area contributed by atoms with E-state index in [9.17, 15) is 9.59 Å². The van der Waals surface area contributed by atoms with E-state index in [1.807, 2.05) is 47.4 Å². The third-order valence-electron chi connectivity index (χ3n) is 5.73. The lowest BCUT2D eigenvalue weighted by molar-refractivity contribution is 0.0600. The molecule has 7 nitrogen and oxygen atoms in total. The summed E-state index contributed by atoms with van der Waals surface area (Å²) in [4.78, 5) is 31.8. The van der Waals surface area contributed by atoms with Crippen molar-refractivity contribution in [1.82, 2.24) is 25.0 Å². The highest BCUT2D eigenvalue weighted by atomic mass is 16.2. The van der Waals surface area contributed by atoms with Crippen molar-refractivity contribution in [2.75, 3.05) is 13.1 Å². The highest BCUT2D eigenvalue weighted by molar-refractivity contribution is 5.96. The predicted molar refractivity (Wildman–Crippen MR) is 118 cm³/mol. The standard InChI is InChI=1S/C24H27N5O2/c30-23(19-8-2-1-3-9-19)26-14-13-21-11-6-7-15-29(21)24(31)22-12-5-4-10-20(22)16-28-18-25-17-27-28/h1-5,8-10,12,17-18,21H,6-7,11,13-16H2,(H,26,30)/t21-/m1/s1. The molecule has 3 aromatic rings. The Morgan fingerprint density at radius 3 is 2.65 bits per heavy atom. The maximum Gasteiger partial charge on any atom is 0.254 e. The van der Waals surface area contributed by atoms with Crippen molar-refractivity contribution in [2.45, 2.75) is 38.3 Å². The third-order valence-corrected chi connectivity index (χ3v) is 5.73. The van der Waals surface area contributed by atoms with Crippen LogP contribution in [0.3, 0.4) is 0 Å². The first kappa shape index (κ1) is 20.8. The second kappa shape index (κ2) is 10.0. The zero-order valence-electron chi connectivity index (χ0n) is 17.5. The summed E-state index contributed by atoms with van der Waals surface area (Å²) in [5.74, 6) is -0.0257. The average Bonchev–Trinajstić information content (AvgIpc) is 3.33. The summed E-state index contributed by atoms with van der Waals surface area (Å²) in [6, 6.07) is 17.0. The molecule has 2 amide bonds. The lowest BCUT2D eigenvalue weighted by Crippen LogP contribution is -2.45. The Kier molecular flexibility index (Phi) is 6.72. The lowest BCUT2D eigenvalue weighted by Gasteiger charge is -2.36. The Labute approximate surface area is 182 Å². The van der Waals surface area contributed by atoms with Gasteiger partial charge < -0.3 is 10.2 Å². The SMILES string of the molecule is O=C(NCC[C@H]1CCCCN1C(=O)c1ccccc1Cn1cncn1)c1ccccc1. The molecule has 1 N–H and O–H groups in total. The van der Waals surface area contributed by atoms with E-state index in [4.69, 9.17) is 0 Å². The van der Waals surface area contributed by atoms with Crippen molar-refractivity contribution in [1.29, 1.82) is 0 Å². The molecule has 0 spiro atoms. The number of hydrogen-bond donors (Lipinski definition) is 1. The fraction of sp³-hybridized carbons (Fsp3) is 0.333. The Morgan fingerprint density at radius 1 is 1.03 bits per heavy atom. The summed E-state index contributed by atoms with van der Waals surface area (Å²) in [6.45, 7) is 1.80. The molecule has 0 unspecified atom stereocenters. The molecular weight excluding hydrogens is 390 g/mol. The van der Waals surface area contributed by atoms with Gasteiger partial charge in [0, 0.05) is 30.3 Å². The molecule has 1 saturated heterocycles. The van der Waals surface area contributed by atoms with Crippen molar-refractivity contribution in [3.63, 3.8) is 0 Å². The first-order chi connectivity index (χ1) is 15.2. The number of rotatable bonds is 7. The van der Waals surface area contributed by atoms with Crippen LogP contribution < -0.4 is 5.32 Å². The number of carbonyl (C=O) groups excluding carboxylic acids is 2. The molecule has 1 atom stereocenters. The summed E-state index contributed by atoms with van der Waals surface area (Å²) in [7, 11) is 0. The largest absolute Gasteiger partial charge is 0.352 e. The van der Waals surface area contributed by atoms with E-state index in [0.717, 1.165) is 37.8 Å². The number of hydrogen-bond acceptors (Lipinski definition) is 4. The summed E-state index contributed by atoms with van der Waals surface area (Å²) in [5.41, 5.74) is 2.29. The number of piperidine rings is 1. The minimum atomic E-state index is -0.0764. The molecule has 0 saturated carbocycles. The van der Waals surface area contributed by atoms with E-state index in [1.165, 1.54) is 6.33 Å². The van der Waals surface area contributed by atoms with Gasteiger partial charge in [-0.05, 0) is 49.4 Å². The second-order valence-electron chi connectivity index (χ2n) is 7.81. The molecule has 1 fully saturated rings. The first-order valence-corrected chi connectivity index (χ1v) is 10.8. The van der Waals surface area contributed by atoms with E-state index in [-0.39, 0.29) is 17.9 Å².